The lowest BCUT2D eigenvalue weighted by Gasteiger charge is -2.29. The monoisotopic (exact) mass is 376 g/mol. The van der Waals surface area contributed by atoms with Gasteiger partial charge in [-0.2, -0.15) is 13.1 Å². The standard InChI is InChI=1S/C12H15ClF2N2O3S.ClH/c13-10-7-9(1-2-11(10)20-12(14)15)21(18,19)17-5-3-8(16)4-6-17;/h1-2,7-8,12H,3-6,16H2;1H. The summed E-state index contributed by atoms with van der Waals surface area (Å²) in [6.45, 7) is -2.36. The van der Waals surface area contributed by atoms with Gasteiger partial charge in [0.05, 0.1) is 9.92 Å². The van der Waals surface area contributed by atoms with E-state index in [2.05, 4.69) is 4.74 Å². The summed E-state index contributed by atoms with van der Waals surface area (Å²) in [6, 6.07) is 3.44. The fraction of sp³-hybridized carbons (Fsp3) is 0.500. The summed E-state index contributed by atoms with van der Waals surface area (Å²) in [5.74, 6) is -0.258. The highest BCUT2D eigenvalue weighted by Crippen LogP contribution is 2.30. The van der Waals surface area contributed by atoms with Crippen molar-refractivity contribution >= 4 is 34.0 Å². The SMILES string of the molecule is Cl.NC1CCN(S(=O)(=O)c2ccc(OC(F)F)c(Cl)c2)CC1. The average Bonchev–Trinajstić information content (AvgIpc) is 2.41. The topological polar surface area (TPSA) is 72.6 Å². The van der Waals surface area contributed by atoms with Gasteiger partial charge < -0.3 is 10.5 Å². The number of sulfonamides is 1. The molecule has 0 bridgehead atoms. The predicted octanol–water partition coefficient (Wildman–Crippen LogP) is 2.48. The molecule has 0 atom stereocenters. The van der Waals surface area contributed by atoms with Crippen molar-refractivity contribution in [2.45, 2.75) is 30.4 Å². The van der Waals surface area contributed by atoms with Crippen molar-refractivity contribution in [1.29, 1.82) is 0 Å². The molecule has 1 aromatic rings. The van der Waals surface area contributed by atoms with E-state index in [1.54, 1.807) is 0 Å². The molecule has 126 valence electrons. The van der Waals surface area contributed by atoms with Gasteiger partial charge in [-0.1, -0.05) is 11.6 Å². The van der Waals surface area contributed by atoms with Crippen LogP contribution in [0.2, 0.25) is 5.02 Å². The lowest BCUT2D eigenvalue weighted by molar-refractivity contribution is -0.0498. The number of rotatable bonds is 4. The second kappa shape index (κ2) is 7.74. The Morgan fingerprint density at radius 2 is 1.91 bits per heavy atom. The maximum atomic E-state index is 12.4. The van der Waals surface area contributed by atoms with E-state index < -0.39 is 16.6 Å². The molecule has 5 nitrogen and oxygen atoms in total. The largest absolute Gasteiger partial charge is 0.433 e. The molecule has 1 fully saturated rings. The lowest BCUT2D eigenvalue weighted by Crippen LogP contribution is -2.42. The van der Waals surface area contributed by atoms with Gasteiger partial charge in [-0.3, -0.25) is 0 Å². The number of alkyl halides is 2. The highest BCUT2D eigenvalue weighted by molar-refractivity contribution is 7.89. The van der Waals surface area contributed by atoms with Crippen LogP contribution in [-0.2, 0) is 10.0 Å². The third kappa shape index (κ3) is 4.42. The Labute approximate surface area is 138 Å². The fourth-order valence-electron chi connectivity index (χ4n) is 2.10. The third-order valence-corrected chi connectivity index (χ3v) is 5.45. The van der Waals surface area contributed by atoms with Crippen LogP contribution in [0.1, 0.15) is 12.8 Å². The normalized spacial score (nSPS) is 17.3. The second-order valence-electron chi connectivity index (χ2n) is 4.71. The summed E-state index contributed by atoms with van der Waals surface area (Å²) in [5.41, 5.74) is 5.74. The second-order valence-corrected chi connectivity index (χ2v) is 7.06. The lowest BCUT2D eigenvalue weighted by atomic mass is 10.1. The first-order valence-electron chi connectivity index (χ1n) is 6.31. The molecule has 22 heavy (non-hydrogen) atoms. The Morgan fingerprint density at radius 3 is 2.41 bits per heavy atom. The maximum Gasteiger partial charge on any atom is 0.387 e. The number of nitrogens with zero attached hydrogens (tertiary/aromatic N) is 1. The van der Waals surface area contributed by atoms with Crippen molar-refractivity contribution in [3.8, 4) is 5.75 Å². The van der Waals surface area contributed by atoms with Crippen LogP contribution in [-0.4, -0.2) is 38.5 Å². The van der Waals surface area contributed by atoms with Gasteiger partial charge in [-0.25, -0.2) is 8.42 Å². The summed E-state index contributed by atoms with van der Waals surface area (Å²) >= 11 is 5.78. The molecule has 0 radical (unpaired) electrons. The van der Waals surface area contributed by atoms with Gasteiger partial charge in [0.1, 0.15) is 5.75 Å². The van der Waals surface area contributed by atoms with Crippen LogP contribution in [0.5, 0.6) is 5.75 Å². The molecule has 0 amide bonds. The van der Waals surface area contributed by atoms with Gasteiger partial charge in [0.2, 0.25) is 10.0 Å². The van der Waals surface area contributed by atoms with Gasteiger partial charge in [0.25, 0.3) is 0 Å². The first kappa shape index (κ1) is 19.4. The Bertz CT molecular complexity index is 608. The number of nitrogens with two attached hydrogens (primary N) is 1. The zero-order chi connectivity index (χ0) is 15.6. The number of benzene rings is 1. The van der Waals surface area contributed by atoms with Crippen molar-refractivity contribution in [3.63, 3.8) is 0 Å². The Kier molecular flexibility index (Phi) is 6.82. The Balaban J connectivity index is 0.00000242. The molecule has 1 aliphatic heterocycles. The number of ether oxygens (including phenoxy) is 1. The summed E-state index contributed by atoms with van der Waals surface area (Å²) in [4.78, 5) is -0.0513. The van der Waals surface area contributed by atoms with Crippen molar-refractivity contribution in [2.24, 2.45) is 5.73 Å². The highest BCUT2D eigenvalue weighted by atomic mass is 35.5. The number of halogens is 4. The van der Waals surface area contributed by atoms with Crippen molar-refractivity contribution in [3.05, 3.63) is 23.2 Å². The molecular weight excluding hydrogens is 361 g/mol. The van der Waals surface area contributed by atoms with Crippen LogP contribution < -0.4 is 10.5 Å². The molecule has 1 saturated heterocycles. The smallest absolute Gasteiger partial charge is 0.387 e. The Morgan fingerprint density at radius 1 is 1.32 bits per heavy atom. The molecule has 1 aliphatic rings. The van der Waals surface area contributed by atoms with E-state index in [9.17, 15) is 17.2 Å². The molecule has 0 saturated carbocycles. The molecule has 1 heterocycles. The van der Waals surface area contributed by atoms with Gasteiger partial charge in [0.15, 0.2) is 0 Å². The van der Waals surface area contributed by atoms with Crippen molar-refractivity contribution in [2.75, 3.05) is 13.1 Å². The van der Waals surface area contributed by atoms with Crippen LogP contribution in [0.25, 0.3) is 0 Å². The zero-order valence-electron chi connectivity index (χ0n) is 11.4. The minimum Gasteiger partial charge on any atom is -0.433 e. The minimum atomic E-state index is -3.70. The summed E-state index contributed by atoms with van der Waals surface area (Å²) < 4.78 is 54.6. The van der Waals surface area contributed by atoms with E-state index in [1.807, 2.05) is 0 Å². The van der Waals surface area contributed by atoms with E-state index in [0.29, 0.717) is 25.9 Å². The minimum absolute atomic E-state index is 0. The molecule has 2 rings (SSSR count). The van der Waals surface area contributed by atoms with Crippen LogP contribution in [0.15, 0.2) is 23.1 Å². The highest BCUT2D eigenvalue weighted by Gasteiger charge is 2.28. The summed E-state index contributed by atoms with van der Waals surface area (Å²) in [6.07, 6.45) is 1.17. The van der Waals surface area contributed by atoms with Gasteiger partial charge in [-0.15, -0.1) is 12.4 Å². The molecule has 10 heteroatoms. The number of hydrogen-bond donors (Lipinski definition) is 1. The van der Waals surface area contributed by atoms with E-state index in [0.717, 1.165) is 12.1 Å². The molecular formula is C12H16Cl2F2N2O3S. The number of piperidine rings is 1. The van der Waals surface area contributed by atoms with E-state index >= 15 is 0 Å². The fourth-order valence-corrected chi connectivity index (χ4v) is 3.89. The van der Waals surface area contributed by atoms with E-state index in [4.69, 9.17) is 17.3 Å². The van der Waals surface area contributed by atoms with Crippen LogP contribution in [0.4, 0.5) is 8.78 Å². The first-order valence-corrected chi connectivity index (χ1v) is 8.12. The summed E-state index contributed by atoms with van der Waals surface area (Å²) in [5, 5.41) is -0.176. The quantitative estimate of drug-likeness (QED) is 0.875. The molecule has 0 spiro atoms. The third-order valence-electron chi connectivity index (χ3n) is 3.26. The number of hydrogen-bond acceptors (Lipinski definition) is 4. The van der Waals surface area contributed by atoms with Crippen molar-refractivity contribution in [1.82, 2.24) is 4.31 Å². The van der Waals surface area contributed by atoms with Crippen LogP contribution in [0.3, 0.4) is 0 Å². The molecule has 1 aromatic carbocycles. The zero-order valence-corrected chi connectivity index (χ0v) is 13.8. The molecule has 0 unspecified atom stereocenters. The predicted molar refractivity (Wildman–Crippen MR) is 81.3 cm³/mol. The van der Waals surface area contributed by atoms with Crippen LogP contribution >= 0.6 is 24.0 Å². The average molecular weight is 377 g/mol. The van der Waals surface area contributed by atoms with E-state index in [-0.39, 0.29) is 34.1 Å². The molecule has 2 N–H and O–H groups in total. The Hall–Kier alpha value is -0.670. The molecule has 0 aromatic heterocycles. The van der Waals surface area contributed by atoms with E-state index in [1.165, 1.54) is 10.4 Å². The van der Waals surface area contributed by atoms with Crippen LogP contribution in [0, 0.1) is 0 Å². The van der Waals surface area contributed by atoms with Gasteiger partial charge in [0, 0.05) is 19.1 Å². The maximum absolute atomic E-state index is 12.4. The van der Waals surface area contributed by atoms with Gasteiger partial charge >= 0.3 is 6.61 Å². The first-order chi connectivity index (χ1) is 9.80. The van der Waals surface area contributed by atoms with Crippen molar-refractivity contribution < 1.29 is 21.9 Å². The molecule has 0 aliphatic carbocycles. The summed E-state index contributed by atoms with van der Waals surface area (Å²) in [7, 11) is -3.70. The van der Waals surface area contributed by atoms with Gasteiger partial charge in [-0.05, 0) is 31.0 Å².